The van der Waals surface area contributed by atoms with Crippen LogP contribution in [0.15, 0.2) is 40.0 Å². The fourth-order valence-electron chi connectivity index (χ4n) is 3.49. The lowest BCUT2D eigenvalue weighted by Crippen LogP contribution is -2.45. The lowest BCUT2D eigenvalue weighted by molar-refractivity contribution is -0.141. The number of hydrogen-bond donors (Lipinski definition) is 2. The van der Waals surface area contributed by atoms with Crippen molar-refractivity contribution in [3.05, 3.63) is 45.6 Å². The van der Waals surface area contributed by atoms with Crippen molar-refractivity contribution in [3.63, 3.8) is 0 Å². The standard InChI is InChI=1S/C19H23BrN2O3/c1-12-16(18(23)25-11-13-5-3-2-4-6-13)17(22-19(24)21-12)14-7-9-15(20)10-8-14/h7-10,13,17H,2-6,11H2,1H3,(H2,21,22,24)/t17-/m0/s1. The maximum atomic E-state index is 12.7. The third kappa shape index (κ3) is 4.42. The Balaban J connectivity index is 1.76. The normalized spacial score (nSPS) is 21.5. The quantitative estimate of drug-likeness (QED) is 0.736. The number of esters is 1. The number of nitrogens with one attached hydrogen (secondary N) is 2. The van der Waals surface area contributed by atoms with Crippen LogP contribution in [0.25, 0.3) is 0 Å². The summed E-state index contributed by atoms with van der Waals surface area (Å²) in [4.78, 5) is 24.6. The summed E-state index contributed by atoms with van der Waals surface area (Å²) in [5.41, 5.74) is 1.87. The monoisotopic (exact) mass is 406 g/mol. The van der Waals surface area contributed by atoms with E-state index in [1.807, 2.05) is 24.3 Å². The summed E-state index contributed by atoms with van der Waals surface area (Å²) in [5.74, 6) is 0.0966. The summed E-state index contributed by atoms with van der Waals surface area (Å²) in [7, 11) is 0. The van der Waals surface area contributed by atoms with Crippen LogP contribution in [0.2, 0.25) is 0 Å². The first kappa shape index (κ1) is 18.0. The molecule has 2 aliphatic rings. The van der Waals surface area contributed by atoms with Gasteiger partial charge in [0, 0.05) is 10.2 Å². The molecule has 0 saturated heterocycles. The smallest absolute Gasteiger partial charge is 0.338 e. The molecule has 0 aromatic heterocycles. The summed E-state index contributed by atoms with van der Waals surface area (Å²) < 4.78 is 6.55. The van der Waals surface area contributed by atoms with Crippen LogP contribution < -0.4 is 10.6 Å². The van der Waals surface area contributed by atoms with Crippen molar-refractivity contribution in [2.45, 2.75) is 45.1 Å². The van der Waals surface area contributed by atoms with Crippen LogP contribution in [0.1, 0.15) is 50.6 Å². The number of amides is 2. The Morgan fingerprint density at radius 1 is 1.20 bits per heavy atom. The van der Waals surface area contributed by atoms with Gasteiger partial charge in [-0.3, -0.25) is 0 Å². The molecule has 0 radical (unpaired) electrons. The van der Waals surface area contributed by atoms with Gasteiger partial charge in [-0.2, -0.15) is 0 Å². The predicted molar refractivity (Wildman–Crippen MR) is 98.8 cm³/mol. The van der Waals surface area contributed by atoms with Gasteiger partial charge in [0.1, 0.15) is 0 Å². The zero-order valence-electron chi connectivity index (χ0n) is 14.3. The van der Waals surface area contributed by atoms with Gasteiger partial charge >= 0.3 is 12.0 Å². The molecule has 0 bridgehead atoms. The molecule has 25 heavy (non-hydrogen) atoms. The van der Waals surface area contributed by atoms with E-state index in [-0.39, 0.29) is 12.0 Å². The van der Waals surface area contributed by atoms with Crippen molar-refractivity contribution in [2.24, 2.45) is 5.92 Å². The molecule has 134 valence electrons. The molecule has 0 spiro atoms. The zero-order chi connectivity index (χ0) is 17.8. The molecule has 1 atom stereocenters. The third-order valence-corrected chi connectivity index (χ3v) is 5.40. The number of ether oxygens (including phenoxy) is 1. The van der Waals surface area contributed by atoms with Gasteiger partial charge < -0.3 is 15.4 Å². The number of hydrogen-bond acceptors (Lipinski definition) is 3. The Labute approximate surface area is 156 Å². The SMILES string of the molecule is CC1=C(C(=O)OCC2CCCCC2)[C@H](c2ccc(Br)cc2)NC(=O)N1. The molecule has 1 saturated carbocycles. The first-order valence-corrected chi connectivity index (χ1v) is 9.55. The fourth-order valence-corrected chi connectivity index (χ4v) is 3.76. The minimum atomic E-state index is -0.499. The molecular weight excluding hydrogens is 384 g/mol. The minimum Gasteiger partial charge on any atom is -0.462 e. The summed E-state index contributed by atoms with van der Waals surface area (Å²) >= 11 is 3.40. The Morgan fingerprint density at radius 3 is 2.56 bits per heavy atom. The van der Waals surface area contributed by atoms with Gasteiger partial charge in [-0.15, -0.1) is 0 Å². The van der Waals surface area contributed by atoms with Gasteiger partial charge in [0.15, 0.2) is 0 Å². The number of carbonyl (C=O) groups is 2. The highest BCUT2D eigenvalue weighted by Gasteiger charge is 2.32. The van der Waals surface area contributed by atoms with E-state index in [1.165, 1.54) is 19.3 Å². The summed E-state index contributed by atoms with van der Waals surface area (Å²) in [5, 5.41) is 5.51. The number of urea groups is 1. The molecule has 2 N–H and O–H groups in total. The van der Waals surface area contributed by atoms with E-state index in [4.69, 9.17) is 4.74 Å². The van der Waals surface area contributed by atoms with Gasteiger partial charge in [-0.05, 0) is 43.4 Å². The Hall–Kier alpha value is -1.82. The highest BCUT2D eigenvalue weighted by Crippen LogP contribution is 2.29. The Kier molecular flexibility index (Phi) is 5.78. The van der Waals surface area contributed by atoms with Crippen LogP contribution in [0.4, 0.5) is 4.79 Å². The molecular formula is C19H23BrN2O3. The van der Waals surface area contributed by atoms with Gasteiger partial charge in [0.05, 0.1) is 18.2 Å². The van der Waals surface area contributed by atoms with Crippen molar-refractivity contribution < 1.29 is 14.3 Å². The number of halogens is 1. The van der Waals surface area contributed by atoms with Crippen LogP contribution in [-0.4, -0.2) is 18.6 Å². The number of carbonyl (C=O) groups excluding carboxylic acids is 2. The van der Waals surface area contributed by atoms with Gasteiger partial charge in [-0.25, -0.2) is 9.59 Å². The highest BCUT2D eigenvalue weighted by molar-refractivity contribution is 9.10. The molecule has 6 heteroatoms. The molecule has 1 aromatic rings. The first-order chi connectivity index (χ1) is 12.0. The average Bonchev–Trinajstić information content (AvgIpc) is 2.60. The van der Waals surface area contributed by atoms with Crippen LogP contribution in [0.5, 0.6) is 0 Å². The van der Waals surface area contributed by atoms with Crippen LogP contribution in [0.3, 0.4) is 0 Å². The lowest BCUT2D eigenvalue weighted by atomic mass is 9.90. The van der Waals surface area contributed by atoms with Crippen molar-refractivity contribution in [2.75, 3.05) is 6.61 Å². The Morgan fingerprint density at radius 2 is 1.88 bits per heavy atom. The molecule has 5 nitrogen and oxygen atoms in total. The average molecular weight is 407 g/mol. The Bertz CT molecular complexity index is 678. The van der Waals surface area contributed by atoms with Crippen molar-refractivity contribution in [3.8, 4) is 0 Å². The van der Waals surface area contributed by atoms with Crippen molar-refractivity contribution in [1.82, 2.24) is 10.6 Å². The van der Waals surface area contributed by atoms with Gasteiger partial charge in [0.25, 0.3) is 0 Å². The highest BCUT2D eigenvalue weighted by atomic mass is 79.9. The van der Waals surface area contributed by atoms with Gasteiger partial charge in [-0.1, -0.05) is 47.3 Å². The molecule has 2 amide bonds. The van der Waals surface area contributed by atoms with Crippen LogP contribution in [-0.2, 0) is 9.53 Å². The predicted octanol–water partition coefficient (Wildman–Crippen LogP) is 4.20. The largest absolute Gasteiger partial charge is 0.462 e. The fraction of sp³-hybridized carbons (Fsp3) is 0.474. The maximum absolute atomic E-state index is 12.7. The van der Waals surface area contributed by atoms with Crippen molar-refractivity contribution >= 4 is 27.9 Å². The second-order valence-electron chi connectivity index (χ2n) is 6.72. The molecule has 1 heterocycles. The summed E-state index contributed by atoms with van der Waals surface area (Å²) in [6.07, 6.45) is 5.94. The first-order valence-electron chi connectivity index (χ1n) is 8.75. The second kappa shape index (κ2) is 8.04. The van der Waals surface area contributed by atoms with E-state index >= 15 is 0 Å². The van der Waals surface area contributed by atoms with E-state index < -0.39 is 6.04 Å². The minimum absolute atomic E-state index is 0.311. The number of rotatable bonds is 4. The van der Waals surface area contributed by atoms with Crippen LogP contribution >= 0.6 is 15.9 Å². The summed E-state index contributed by atoms with van der Waals surface area (Å²) in [6, 6.07) is 6.76. The lowest BCUT2D eigenvalue weighted by Gasteiger charge is -2.29. The molecule has 1 aromatic carbocycles. The van der Waals surface area contributed by atoms with Crippen LogP contribution in [0, 0.1) is 5.92 Å². The van der Waals surface area contributed by atoms with E-state index in [0.717, 1.165) is 22.9 Å². The molecule has 1 aliphatic heterocycles. The van der Waals surface area contributed by atoms with E-state index in [2.05, 4.69) is 26.6 Å². The molecule has 1 fully saturated rings. The van der Waals surface area contributed by atoms with E-state index in [0.29, 0.717) is 23.8 Å². The van der Waals surface area contributed by atoms with E-state index in [1.54, 1.807) is 6.92 Å². The maximum Gasteiger partial charge on any atom is 0.338 e. The third-order valence-electron chi connectivity index (χ3n) is 4.87. The molecule has 3 rings (SSSR count). The molecule has 1 aliphatic carbocycles. The van der Waals surface area contributed by atoms with E-state index in [9.17, 15) is 9.59 Å². The van der Waals surface area contributed by atoms with Crippen molar-refractivity contribution in [1.29, 1.82) is 0 Å². The second-order valence-corrected chi connectivity index (χ2v) is 7.64. The number of allylic oxidation sites excluding steroid dienone is 1. The summed E-state index contributed by atoms with van der Waals surface area (Å²) in [6.45, 7) is 2.19. The van der Waals surface area contributed by atoms with Gasteiger partial charge in [0.2, 0.25) is 0 Å². The molecule has 0 unspecified atom stereocenters. The topological polar surface area (TPSA) is 67.4 Å². The zero-order valence-corrected chi connectivity index (χ0v) is 15.9. The number of benzene rings is 1.